The van der Waals surface area contributed by atoms with Crippen LogP contribution in [0.4, 0.5) is 0 Å². The lowest BCUT2D eigenvalue weighted by molar-refractivity contribution is 0.00696. The van der Waals surface area contributed by atoms with Gasteiger partial charge in [0.2, 0.25) is 0 Å². The molecule has 19 heavy (non-hydrogen) atoms. The largest absolute Gasteiger partial charge is 0.456 e. The minimum atomic E-state index is -0.502. The minimum absolute atomic E-state index is 0.347. The van der Waals surface area contributed by atoms with E-state index in [9.17, 15) is 4.79 Å². The Labute approximate surface area is 117 Å². The Kier molecular flexibility index (Phi) is 3.62. The monoisotopic (exact) mass is 278 g/mol. The Hall–Kier alpha value is -1.81. The summed E-state index contributed by atoms with van der Waals surface area (Å²) >= 11 is 5.78. The summed E-state index contributed by atoms with van der Waals surface area (Å²) in [6, 6.07) is 5.22. The van der Waals surface area contributed by atoms with Gasteiger partial charge < -0.3 is 9.30 Å². The van der Waals surface area contributed by atoms with Gasteiger partial charge in [0.05, 0.1) is 10.6 Å². The topological polar surface area (TPSA) is 44.1 Å². The van der Waals surface area contributed by atoms with E-state index in [1.807, 2.05) is 20.8 Å². The average molecular weight is 279 g/mol. The number of nitrogens with zero attached hydrogens (tertiary/aromatic N) is 2. The molecule has 0 aliphatic heterocycles. The van der Waals surface area contributed by atoms with Crippen LogP contribution in [0.5, 0.6) is 0 Å². The van der Waals surface area contributed by atoms with Crippen molar-refractivity contribution in [3.8, 4) is 5.82 Å². The number of pyridine rings is 1. The van der Waals surface area contributed by atoms with Crippen molar-refractivity contribution in [2.45, 2.75) is 26.4 Å². The third kappa shape index (κ3) is 3.58. The number of halogens is 1. The fraction of sp³-hybridized carbons (Fsp3) is 0.286. The van der Waals surface area contributed by atoms with E-state index in [1.165, 1.54) is 0 Å². The summed E-state index contributed by atoms with van der Waals surface area (Å²) in [4.78, 5) is 16.1. The van der Waals surface area contributed by atoms with E-state index >= 15 is 0 Å². The van der Waals surface area contributed by atoms with Gasteiger partial charge in [-0.05, 0) is 39.0 Å². The normalized spacial score (nSPS) is 11.4. The van der Waals surface area contributed by atoms with Crippen LogP contribution in [0.3, 0.4) is 0 Å². The molecule has 0 bridgehead atoms. The van der Waals surface area contributed by atoms with Crippen LogP contribution in [0.15, 0.2) is 36.8 Å². The smallest absolute Gasteiger partial charge is 0.340 e. The van der Waals surface area contributed by atoms with E-state index in [-0.39, 0.29) is 5.97 Å². The molecule has 0 N–H and O–H groups in total. The molecule has 0 aromatic carbocycles. The standard InChI is InChI=1S/C14H15ClN2O2/c1-14(2,3)19-13(18)10-6-7-17(9-10)12-5-4-11(15)8-16-12/h4-9H,1-3H3. The SMILES string of the molecule is CC(C)(C)OC(=O)c1ccn(-c2ccc(Cl)cn2)c1. The number of carbonyl (C=O) groups excluding carboxylic acids is 1. The molecule has 0 saturated heterocycles. The van der Waals surface area contributed by atoms with Gasteiger partial charge in [-0.25, -0.2) is 9.78 Å². The summed E-state index contributed by atoms with van der Waals surface area (Å²) in [6.45, 7) is 5.51. The van der Waals surface area contributed by atoms with Crippen LogP contribution < -0.4 is 0 Å². The first-order valence-electron chi connectivity index (χ1n) is 5.88. The maximum absolute atomic E-state index is 11.9. The van der Waals surface area contributed by atoms with Gasteiger partial charge in [-0.3, -0.25) is 0 Å². The van der Waals surface area contributed by atoms with Crippen LogP contribution in [0.2, 0.25) is 5.02 Å². The van der Waals surface area contributed by atoms with Gasteiger partial charge >= 0.3 is 5.97 Å². The summed E-state index contributed by atoms with van der Waals surface area (Å²) in [7, 11) is 0. The van der Waals surface area contributed by atoms with E-state index in [2.05, 4.69) is 4.98 Å². The second-order valence-corrected chi connectivity index (χ2v) is 5.58. The second kappa shape index (κ2) is 5.05. The maximum Gasteiger partial charge on any atom is 0.340 e. The summed E-state index contributed by atoms with van der Waals surface area (Å²) in [5.41, 5.74) is -0.00998. The van der Waals surface area contributed by atoms with Crippen LogP contribution in [-0.4, -0.2) is 21.1 Å². The first-order chi connectivity index (χ1) is 8.85. The molecular weight excluding hydrogens is 264 g/mol. The molecule has 0 unspecified atom stereocenters. The van der Waals surface area contributed by atoms with Gasteiger partial charge in [0.15, 0.2) is 0 Å². The summed E-state index contributed by atoms with van der Waals surface area (Å²) in [5.74, 6) is 0.347. The zero-order chi connectivity index (χ0) is 14.0. The molecule has 2 rings (SSSR count). The van der Waals surface area contributed by atoms with Gasteiger partial charge in [-0.15, -0.1) is 0 Å². The van der Waals surface area contributed by atoms with E-state index in [4.69, 9.17) is 16.3 Å². The van der Waals surface area contributed by atoms with Crippen LogP contribution in [0.25, 0.3) is 5.82 Å². The van der Waals surface area contributed by atoms with Crippen LogP contribution in [-0.2, 0) is 4.74 Å². The molecule has 0 radical (unpaired) electrons. The van der Waals surface area contributed by atoms with Crippen LogP contribution in [0.1, 0.15) is 31.1 Å². The number of ether oxygens (including phenoxy) is 1. The Morgan fingerprint density at radius 1 is 1.32 bits per heavy atom. The molecule has 0 amide bonds. The number of hydrogen-bond donors (Lipinski definition) is 0. The highest BCUT2D eigenvalue weighted by atomic mass is 35.5. The number of hydrogen-bond acceptors (Lipinski definition) is 3. The van der Waals surface area contributed by atoms with E-state index < -0.39 is 5.60 Å². The van der Waals surface area contributed by atoms with Crippen molar-refractivity contribution in [1.82, 2.24) is 9.55 Å². The molecule has 0 saturated carbocycles. The summed E-state index contributed by atoms with van der Waals surface area (Å²) in [5, 5.41) is 0.572. The van der Waals surface area contributed by atoms with Crippen molar-refractivity contribution in [3.05, 3.63) is 47.4 Å². The van der Waals surface area contributed by atoms with Crippen LogP contribution >= 0.6 is 11.6 Å². The number of esters is 1. The molecule has 2 heterocycles. The van der Waals surface area contributed by atoms with Crippen molar-refractivity contribution in [1.29, 1.82) is 0 Å². The van der Waals surface area contributed by atoms with Crippen molar-refractivity contribution in [2.75, 3.05) is 0 Å². The molecule has 4 nitrogen and oxygen atoms in total. The predicted octanol–water partition coefficient (Wildman–Crippen LogP) is 3.48. The molecule has 0 aliphatic rings. The first-order valence-corrected chi connectivity index (χ1v) is 6.26. The lowest BCUT2D eigenvalue weighted by Crippen LogP contribution is -2.23. The van der Waals surface area contributed by atoms with E-state index in [0.717, 1.165) is 0 Å². The lowest BCUT2D eigenvalue weighted by atomic mass is 10.2. The molecule has 0 atom stereocenters. The van der Waals surface area contributed by atoms with Crippen molar-refractivity contribution < 1.29 is 9.53 Å². The molecular formula is C14H15ClN2O2. The fourth-order valence-electron chi connectivity index (χ4n) is 1.52. The molecule has 2 aromatic rings. The highest BCUT2D eigenvalue weighted by Crippen LogP contribution is 2.15. The average Bonchev–Trinajstić information content (AvgIpc) is 2.77. The molecule has 2 aromatic heterocycles. The van der Waals surface area contributed by atoms with Crippen molar-refractivity contribution in [3.63, 3.8) is 0 Å². The molecule has 0 spiro atoms. The quantitative estimate of drug-likeness (QED) is 0.790. The third-order valence-corrected chi connectivity index (χ3v) is 2.53. The second-order valence-electron chi connectivity index (χ2n) is 5.14. The van der Waals surface area contributed by atoms with Gasteiger partial charge in [-0.2, -0.15) is 0 Å². The Bertz CT molecular complexity index is 582. The molecule has 5 heteroatoms. The third-order valence-electron chi connectivity index (χ3n) is 2.30. The van der Waals surface area contributed by atoms with E-state index in [0.29, 0.717) is 16.4 Å². The summed E-state index contributed by atoms with van der Waals surface area (Å²) in [6.07, 6.45) is 5.00. The van der Waals surface area contributed by atoms with Crippen molar-refractivity contribution >= 4 is 17.6 Å². The predicted molar refractivity (Wildman–Crippen MR) is 73.7 cm³/mol. The van der Waals surface area contributed by atoms with Gasteiger partial charge in [0.1, 0.15) is 11.4 Å². The zero-order valence-electron chi connectivity index (χ0n) is 11.1. The minimum Gasteiger partial charge on any atom is -0.456 e. The first kappa shape index (κ1) is 13.6. The van der Waals surface area contributed by atoms with Gasteiger partial charge in [0.25, 0.3) is 0 Å². The van der Waals surface area contributed by atoms with Crippen LogP contribution in [0, 0.1) is 0 Å². The van der Waals surface area contributed by atoms with E-state index in [1.54, 1.807) is 41.4 Å². The van der Waals surface area contributed by atoms with Crippen molar-refractivity contribution in [2.24, 2.45) is 0 Å². The number of aromatic nitrogens is 2. The number of carbonyl (C=O) groups is 1. The highest BCUT2D eigenvalue weighted by molar-refractivity contribution is 6.30. The highest BCUT2D eigenvalue weighted by Gasteiger charge is 2.18. The van der Waals surface area contributed by atoms with Gasteiger partial charge in [0, 0.05) is 18.6 Å². The van der Waals surface area contributed by atoms with Gasteiger partial charge in [-0.1, -0.05) is 11.6 Å². The molecule has 0 fully saturated rings. The zero-order valence-corrected chi connectivity index (χ0v) is 11.8. The Morgan fingerprint density at radius 2 is 2.05 bits per heavy atom. The lowest BCUT2D eigenvalue weighted by Gasteiger charge is -2.18. The maximum atomic E-state index is 11.9. The molecule has 100 valence electrons. The number of rotatable bonds is 2. The molecule has 0 aliphatic carbocycles. The Morgan fingerprint density at radius 3 is 2.63 bits per heavy atom. The fourth-order valence-corrected chi connectivity index (χ4v) is 1.63. The Balaban J connectivity index is 2.19. The summed E-state index contributed by atoms with van der Waals surface area (Å²) < 4.78 is 7.04.